The van der Waals surface area contributed by atoms with Gasteiger partial charge in [0.15, 0.2) is 11.5 Å². The number of amides is 1. The van der Waals surface area contributed by atoms with Gasteiger partial charge in [-0.15, -0.1) is 6.58 Å². The molecule has 0 saturated heterocycles. The van der Waals surface area contributed by atoms with E-state index in [-0.39, 0.29) is 11.3 Å². The van der Waals surface area contributed by atoms with Crippen LogP contribution in [0.1, 0.15) is 16.8 Å². The molecule has 0 radical (unpaired) electrons. The fraction of sp³-hybridized carbons (Fsp3) is 0.308. The summed E-state index contributed by atoms with van der Waals surface area (Å²) in [5.41, 5.74) is 0.0427. The van der Waals surface area contributed by atoms with Crippen LogP contribution in [-0.4, -0.2) is 35.9 Å². The molecule has 0 heterocycles. The summed E-state index contributed by atoms with van der Waals surface area (Å²) in [7, 11) is 0. The molecule has 1 amide bonds. The highest BCUT2D eigenvalue weighted by Gasteiger charge is 2.12. The predicted octanol–water partition coefficient (Wildman–Crippen LogP) is 1.42. The molecule has 3 N–H and O–H groups in total. The number of ether oxygens (including phenoxy) is 1. The highest BCUT2D eigenvalue weighted by Crippen LogP contribution is 2.27. The number of rotatable bonds is 7. The van der Waals surface area contributed by atoms with Crippen LogP contribution in [0.2, 0.25) is 0 Å². The Balaban J connectivity index is 2.37. The molecule has 98 valence electrons. The fourth-order valence-electron chi connectivity index (χ4n) is 1.32. The minimum absolute atomic E-state index is 0.0427. The molecule has 0 fully saturated rings. The third-order valence-corrected chi connectivity index (χ3v) is 2.26. The minimum Gasteiger partial charge on any atom is -0.504 e. The quantitative estimate of drug-likeness (QED) is 0.389. The van der Waals surface area contributed by atoms with Crippen LogP contribution in [0.3, 0.4) is 0 Å². The van der Waals surface area contributed by atoms with Crippen molar-refractivity contribution in [2.45, 2.75) is 6.42 Å². The van der Waals surface area contributed by atoms with Crippen molar-refractivity contribution in [3.8, 4) is 11.5 Å². The van der Waals surface area contributed by atoms with Crippen molar-refractivity contribution < 1.29 is 19.7 Å². The Bertz CT molecular complexity index is 417. The molecule has 18 heavy (non-hydrogen) atoms. The first-order valence-electron chi connectivity index (χ1n) is 5.64. The molecule has 0 saturated carbocycles. The first-order valence-corrected chi connectivity index (χ1v) is 5.64. The van der Waals surface area contributed by atoms with Gasteiger partial charge >= 0.3 is 0 Å². The molecule has 1 rings (SSSR count). The van der Waals surface area contributed by atoms with Crippen LogP contribution >= 0.6 is 0 Å². The van der Waals surface area contributed by atoms with Gasteiger partial charge in [-0.05, 0) is 18.6 Å². The highest BCUT2D eigenvalue weighted by molar-refractivity contribution is 5.97. The third-order valence-electron chi connectivity index (χ3n) is 2.26. The maximum Gasteiger partial charge on any atom is 0.255 e. The van der Waals surface area contributed by atoms with Crippen LogP contribution < -0.4 is 5.32 Å². The zero-order valence-electron chi connectivity index (χ0n) is 10.1. The third kappa shape index (κ3) is 4.10. The Hall–Kier alpha value is -2.01. The van der Waals surface area contributed by atoms with Gasteiger partial charge in [-0.1, -0.05) is 12.1 Å². The van der Waals surface area contributed by atoms with Crippen molar-refractivity contribution in [1.29, 1.82) is 0 Å². The Morgan fingerprint density at radius 1 is 1.39 bits per heavy atom. The number of nitrogens with one attached hydrogen (secondary N) is 1. The van der Waals surface area contributed by atoms with E-state index >= 15 is 0 Å². The Morgan fingerprint density at radius 3 is 2.89 bits per heavy atom. The normalized spacial score (nSPS) is 10.0. The number of carbonyl (C=O) groups is 1. The summed E-state index contributed by atoms with van der Waals surface area (Å²) < 4.78 is 5.22. The maximum absolute atomic E-state index is 11.7. The van der Waals surface area contributed by atoms with Crippen molar-refractivity contribution in [3.05, 3.63) is 36.4 Å². The topological polar surface area (TPSA) is 78.8 Å². The summed E-state index contributed by atoms with van der Waals surface area (Å²) in [4.78, 5) is 11.7. The van der Waals surface area contributed by atoms with Crippen LogP contribution in [0.15, 0.2) is 30.9 Å². The fourth-order valence-corrected chi connectivity index (χ4v) is 1.32. The van der Waals surface area contributed by atoms with E-state index in [4.69, 9.17) is 4.74 Å². The molecule has 0 spiro atoms. The number of phenols is 2. The number of hydrogen-bond donors (Lipinski definition) is 3. The maximum atomic E-state index is 11.7. The molecule has 5 nitrogen and oxygen atoms in total. The van der Waals surface area contributed by atoms with Crippen molar-refractivity contribution in [3.63, 3.8) is 0 Å². The average Bonchev–Trinajstić information content (AvgIpc) is 2.36. The molecular weight excluding hydrogens is 234 g/mol. The SMILES string of the molecule is C=CCCOCCNC(=O)c1cccc(O)c1O. The lowest BCUT2D eigenvalue weighted by Crippen LogP contribution is -2.27. The molecule has 5 heteroatoms. The lowest BCUT2D eigenvalue weighted by molar-refractivity contribution is 0.0914. The Kier molecular flexibility index (Phi) is 5.73. The number of benzene rings is 1. The van der Waals surface area contributed by atoms with E-state index in [0.717, 1.165) is 6.42 Å². The zero-order valence-corrected chi connectivity index (χ0v) is 10.1. The smallest absolute Gasteiger partial charge is 0.255 e. The van der Waals surface area contributed by atoms with E-state index in [9.17, 15) is 15.0 Å². The van der Waals surface area contributed by atoms with Crippen molar-refractivity contribution in [2.75, 3.05) is 19.8 Å². The summed E-state index contributed by atoms with van der Waals surface area (Å²) in [6, 6.07) is 4.23. The van der Waals surface area contributed by atoms with Gasteiger partial charge < -0.3 is 20.3 Å². The average molecular weight is 251 g/mol. The van der Waals surface area contributed by atoms with E-state index in [0.29, 0.717) is 19.8 Å². The second kappa shape index (κ2) is 7.34. The van der Waals surface area contributed by atoms with E-state index in [2.05, 4.69) is 11.9 Å². The van der Waals surface area contributed by atoms with Gasteiger partial charge in [0.25, 0.3) is 5.91 Å². The molecule has 0 aromatic heterocycles. The lowest BCUT2D eigenvalue weighted by atomic mass is 10.1. The highest BCUT2D eigenvalue weighted by atomic mass is 16.5. The Morgan fingerprint density at radius 2 is 2.17 bits per heavy atom. The van der Waals surface area contributed by atoms with Crippen LogP contribution in [-0.2, 0) is 4.74 Å². The molecular formula is C13H17NO4. The van der Waals surface area contributed by atoms with E-state index in [1.54, 1.807) is 6.08 Å². The molecule has 0 unspecified atom stereocenters. The molecule has 0 aliphatic carbocycles. The monoisotopic (exact) mass is 251 g/mol. The van der Waals surface area contributed by atoms with Crippen molar-refractivity contribution >= 4 is 5.91 Å². The molecule has 1 aromatic carbocycles. The van der Waals surface area contributed by atoms with Crippen LogP contribution in [0.4, 0.5) is 0 Å². The largest absolute Gasteiger partial charge is 0.504 e. The predicted molar refractivity (Wildman–Crippen MR) is 67.7 cm³/mol. The number of aromatic hydroxyl groups is 2. The summed E-state index contributed by atoms with van der Waals surface area (Å²) in [6.07, 6.45) is 2.52. The van der Waals surface area contributed by atoms with E-state index in [1.165, 1.54) is 18.2 Å². The summed E-state index contributed by atoms with van der Waals surface area (Å²) in [5, 5.41) is 21.3. The first kappa shape index (κ1) is 14.1. The second-order valence-corrected chi connectivity index (χ2v) is 3.62. The summed E-state index contributed by atoms with van der Waals surface area (Å²) in [5.74, 6) is -1.18. The van der Waals surface area contributed by atoms with Gasteiger partial charge in [-0.25, -0.2) is 0 Å². The van der Waals surface area contributed by atoms with Crippen LogP contribution in [0.25, 0.3) is 0 Å². The molecule has 0 atom stereocenters. The number of carbonyl (C=O) groups excluding carboxylic acids is 1. The number of para-hydroxylation sites is 1. The molecule has 0 aliphatic heterocycles. The summed E-state index contributed by atoms with van der Waals surface area (Å²) in [6.45, 7) is 4.86. The van der Waals surface area contributed by atoms with Crippen molar-refractivity contribution in [1.82, 2.24) is 5.32 Å². The zero-order chi connectivity index (χ0) is 13.4. The van der Waals surface area contributed by atoms with Gasteiger partial charge in [-0.3, -0.25) is 4.79 Å². The van der Waals surface area contributed by atoms with Crippen LogP contribution in [0, 0.1) is 0 Å². The molecule has 0 aliphatic rings. The standard InChI is InChI=1S/C13H17NO4/c1-2-3-8-18-9-7-14-13(17)10-5-4-6-11(15)12(10)16/h2,4-6,15-16H,1,3,7-9H2,(H,14,17). The van der Waals surface area contributed by atoms with Gasteiger partial charge in [0.2, 0.25) is 0 Å². The molecule has 1 aromatic rings. The van der Waals surface area contributed by atoms with Gasteiger partial charge in [-0.2, -0.15) is 0 Å². The van der Waals surface area contributed by atoms with Crippen molar-refractivity contribution in [2.24, 2.45) is 0 Å². The van der Waals surface area contributed by atoms with E-state index in [1.807, 2.05) is 0 Å². The molecule has 0 bridgehead atoms. The van der Waals surface area contributed by atoms with Gasteiger partial charge in [0.05, 0.1) is 18.8 Å². The number of phenolic OH excluding ortho intramolecular Hbond substituents is 2. The Labute approximate surface area is 106 Å². The number of hydrogen-bond acceptors (Lipinski definition) is 4. The van der Waals surface area contributed by atoms with Crippen LogP contribution in [0.5, 0.6) is 11.5 Å². The summed E-state index contributed by atoms with van der Waals surface area (Å²) >= 11 is 0. The van der Waals surface area contributed by atoms with E-state index < -0.39 is 11.7 Å². The van der Waals surface area contributed by atoms with Gasteiger partial charge in [0, 0.05) is 6.54 Å². The minimum atomic E-state index is -0.448. The second-order valence-electron chi connectivity index (χ2n) is 3.62. The lowest BCUT2D eigenvalue weighted by Gasteiger charge is -2.07. The first-order chi connectivity index (χ1) is 8.66. The van der Waals surface area contributed by atoms with Gasteiger partial charge in [0.1, 0.15) is 0 Å².